The van der Waals surface area contributed by atoms with Gasteiger partial charge in [-0.1, -0.05) is 29.8 Å². The standard InChI is InChI=1S/C22H24N2O3/c1-16-7-6-8-17(13-16)20(24-11-4-5-12-24)15-22(25)23-19-10-9-18(26-2)14-21(19)27-3/h4-14,20H,15H2,1-3H3,(H,23,25)/t20-/m1/s1. The molecular weight excluding hydrogens is 340 g/mol. The molecule has 0 bridgehead atoms. The van der Waals surface area contributed by atoms with E-state index >= 15 is 0 Å². The molecule has 0 saturated carbocycles. The Balaban J connectivity index is 1.81. The number of carbonyl (C=O) groups is 1. The summed E-state index contributed by atoms with van der Waals surface area (Å²) in [5.41, 5.74) is 2.89. The molecule has 5 heteroatoms. The van der Waals surface area contributed by atoms with Crippen molar-refractivity contribution in [1.29, 1.82) is 0 Å². The molecule has 0 unspecified atom stereocenters. The number of amides is 1. The number of hydrogen-bond acceptors (Lipinski definition) is 3. The fraction of sp³-hybridized carbons (Fsp3) is 0.227. The zero-order valence-corrected chi connectivity index (χ0v) is 15.8. The first-order valence-electron chi connectivity index (χ1n) is 8.81. The second-order valence-electron chi connectivity index (χ2n) is 6.38. The number of carbonyl (C=O) groups excluding carboxylic acids is 1. The van der Waals surface area contributed by atoms with Gasteiger partial charge in [-0.05, 0) is 36.8 Å². The number of ether oxygens (including phenoxy) is 2. The first kappa shape index (κ1) is 18.6. The molecule has 2 aromatic carbocycles. The smallest absolute Gasteiger partial charge is 0.226 e. The summed E-state index contributed by atoms with van der Waals surface area (Å²) in [6.45, 7) is 2.05. The number of rotatable bonds is 7. The highest BCUT2D eigenvalue weighted by atomic mass is 16.5. The van der Waals surface area contributed by atoms with Crippen molar-refractivity contribution in [2.45, 2.75) is 19.4 Å². The lowest BCUT2D eigenvalue weighted by atomic mass is 10.0. The second kappa shape index (κ2) is 8.45. The molecule has 0 fully saturated rings. The topological polar surface area (TPSA) is 52.5 Å². The molecule has 0 saturated heterocycles. The van der Waals surface area contributed by atoms with E-state index in [0.717, 1.165) is 5.56 Å². The fourth-order valence-corrected chi connectivity index (χ4v) is 3.11. The van der Waals surface area contributed by atoms with E-state index in [0.29, 0.717) is 23.6 Å². The summed E-state index contributed by atoms with van der Waals surface area (Å²) >= 11 is 0. The molecule has 1 heterocycles. The van der Waals surface area contributed by atoms with Gasteiger partial charge in [-0.15, -0.1) is 0 Å². The number of methoxy groups -OCH3 is 2. The molecule has 0 aliphatic carbocycles. The molecule has 5 nitrogen and oxygen atoms in total. The highest BCUT2D eigenvalue weighted by Crippen LogP contribution is 2.30. The Morgan fingerprint density at radius 1 is 1.04 bits per heavy atom. The molecule has 1 amide bonds. The highest BCUT2D eigenvalue weighted by molar-refractivity contribution is 5.93. The Hall–Kier alpha value is -3.21. The lowest BCUT2D eigenvalue weighted by molar-refractivity contribution is -0.116. The monoisotopic (exact) mass is 364 g/mol. The Morgan fingerprint density at radius 3 is 2.48 bits per heavy atom. The lowest BCUT2D eigenvalue weighted by Gasteiger charge is -2.20. The van der Waals surface area contributed by atoms with Crippen LogP contribution in [0.4, 0.5) is 5.69 Å². The quantitative estimate of drug-likeness (QED) is 0.675. The Labute approximate surface area is 159 Å². The van der Waals surface area contributed by atoms with Crippen molar-refractivity contribution in [1.82, 2.24) is 4.57 Å². The van der Waals surface area contributed by atoms with Crippen molar-refractivity contribution >= 4 is 11.6 Å². The molecule has 0 aliphatic heterocycles. The molecular formula is C22H24N2O3. The number of nitrogens with zero attached hydrogens (tertiary/aromatic N) is 1. The van der Waals surface area contributed by atoms with E-state index in [1.807, 2.05) is 30.6 Å². The first-order chi connectivity index (χ1) is 13.1. The first-order valence-corrected chi connectivity index (χ1v) is 8.81. The van der Waals surface area contributed by atoms with E-state index in [-0.39, 0.29) is 11.9 Å². The van der Waals surface area contributed by atoms with Crippen molar-refractivity contribution in [3.05, 3.63) is 78.1 Å². The summed E-state index contributed by atoms with van der Waals surface area (Å²) in [7, 11) is 3.16. The summed E-state index contributed by atoms with van der Waals surface area (Å²) in [5.74, 6) is 1.16. The normalized spacial score (nSPS) is 11.7. The van der Waals surface area contributed by atoms with Crippen LogP contribution in [-0.2, 0) is 4.79 Å². The van der Waals surface area contributed by atoms with E-state index in [1.54, 1.807) is 32.4 Å². The molecule has 1 aromatic heterocycles. The number of aromatic nitrogens is 1. The Bertz CT molecular complexity index is 904. The second-order valence-corrected chi connectivity index (χ2v) is 6.38. The number of anilines is 1. The maximum absolute atomic E-state index is 12.8. The van der Waals surface area contributed by atoms with Gasteiger partial charge in [0, 0.05) is 18.5 Å². The van der Waals surface area contributed by atoms with Gasteiger partial charge in [-0.2, -0.15) is 0 Å². The van der Waals surface area contributed by atoms with Crippen molar-refractivity contribution < 1.29 is 14.3 Å². The van der Waals surface area contributed by atoms with Gasteiger partial charge in [0.2, 0.25) is 5.91 Å². The van der Waals surface area contributed by atoms with Crippen LogP contribution in [0, 0.1) is 6.92 Å². The minimum atomic E-state index is -0.0846. The summed E-state index contributed by atoms with van der Waals surface area (Å²) in [5, 5.41) is 2.96. The van der Waals surface area contributed by atoms with Gasteiger partial charge in [-0.3, -0.25) is 4.79 Å². The van der Waals surface area contributed by atoms with Crippen LogP contribution in [-0.4, -0.2) is 24.7 Å². The van der Waals surface area contributed by atoms with Gasteiger partial charge >= 0.3 is 0 Å². The highest BCUT2D eigenvalue weighted by Gasteiger charge is 2.18. The molecule has 3 aromatic rings. The molecule has 140 valence electrons. The lowest BCUT2D eigenvalue weighted by Crippen LogP contribution is -2.20. The summed E-state index contributed by atoms with van der Waals surface area (Å²) in [6, 6.07) is 17.4. The van der Waals surface area contributed by atoms with E-state index < -0.39 is 0 Å². The Kier molecular flexibility index (Phi) is 5.81. The third kappa shape index (κ3) is 4.50. The van der Waals surface area contributed by atoms with Gasteiger partial charge < -0.3 is 19.4 Å². The van der Waals surface area contributed by atoms with Gasteiger partial charge in [0.05, 0.1) is 32.4 Å². The maximum atomic E-state index is 12.8. The van der Waals surface area contributed by atoms with Crippen molar-refractivity contribution in [2.75, 3.05) is 19.5 Å². The van der Waals surface area contributed by atoms with Crippen LogP contribution < -0.4 is 14.8 Å². The summed E-state index contributed by atoms with van der Waals surface area (Å²) in [4.78, 5) is 12.8. The zero-order chi connectivity index (χ0) is 19.2. The minimum absolute atomic E-state index is 0.0795. The molecule has 1 N–H and O–H groups in total. The number of nitrogens with one attached hydrogen (secondary N) is 1. The molecule has 1 atom stereocenters. The van der Waals surface area contributed by atoms with E-state index in [4.69, 9.17) is 9.47 Å². The third-order valence-electron chi connectivity index (χ3n) is 4.48. The molecule has 0 spiro atoms. The van der Waals surface area contributed by atoms with Gasteiger partial charge in [0.25, 0.3) is 0 Å². The molecule has 0 aliphatic rings. The van der Waals surface area contributed by atoms with Gasteiger partial charge in [0.15, 0.2) is 0 Å². The van der Waals surface area contributed by atoms with Crippen LogP contribution in [0.2, 0.25) is 0 Å². The van der Waals surface area contributed by atoms with Crippen LogP contribution >= 0.6 is 0 Å². The van der Waals surface area contributed by atoms with Crippen LogP contribution in [0.25, 0.3) is 0 Å². The van der Waals surface area contributed by atoms with Crippen LogP contribution in [0.5, 0.6) is 11.5 Å². The predicted octanol–water partition coefficient (Wildman–Crippen LogP) is 4.43. The molecule has 3 rings (SSSR count). The predicted molar refractivity (Wildman–Crippen MR) is 107 cm³/mol. The van der Waals surface area contributed by atoms with Crippen molar-refractivity contribution in [3.8, 4) is 11.5 Å². The fourth-order valence-electron chi connectivity index (χ4n) is 3.11. The van der Waals surface area contributed by atoms with Crippen molar-refractivity contribution in [2.24, 2.45) is 0 Å². The number of aryl methyl sites for hydroxylation is 1. The van der Waals surface area contributed by atoms with Gasteiger partial charge in [0.1, 0.15) is 11.5 Å². The summed E-state index contributed by atoms with van der Waals surface area (Å²) < 4.78 is 12.6. The SMILES string of the molecule is COc1ccc(NC(=O)C[C@H](c2cccc(C)c2)n2cccc2)c(OC)c1. The largest absolute Gasteiger partial charge is 0.497 e. The maximum Gasteiger partial charge on any atom is 0.226 e. The average Bonchev–Trinajstić information content (AvgIpc) is 3.21. The van der Waals surface area contributed by atoms with Crippen LogP contribution in [0.3, 0.4) is 0 Å². The van der Waals surface area contributed by atoms with Crippen LogP contribution in [0.1, 0.15) is 23.6 Å². The third-order valence-corrected chi connectivity index (χ3v) is 4.48. The molecule has 27 heavy (non-hydrogen) atoms. The van der Waals surface area contributed by atoms with E-state index in [9.17, 15) is 4.79 Å². The molecule has 0 radical (unpaired) electrons. The average molecular weight is 364 g/mol. The minimum Gasteiger partial charge on any atom is -0.497 e. The van der Waals surface area contributed by atoms with E-state index in [1.165, 1.54) is 5.56 Å². The van der Waals surface area contributed by atoms with E-state index in [2.05, 4.69) is 35.0 Å². The van der Waals surface area contributed by atoms with Crippen LogP contribution in [0.15, 0.2) is 67.0 Å². The zero-order valence-electron chi connectivity index (χ0n) is 15.8. The number of hydrogen-bond donors (Lipinski definition) is 1. The number of benzene rings is 2. The summed E-state index contributed by atoms with van der Waals surface area (Å²) in [6.07, 6.45) is 4.27. The Morgan fingerprint density at radius 2 is 1.81 bits per heavy atom. The van der Waals surface area contributed by atoms with Crippen molar-refractivity contribution in [3.63, 3.8) is 0 Å². The van der Waals surface area contributed by atoms with Gasteiger partial charge in [-0.25, -0.2) is 0 Å².